The van der Waals surface area contributed by atoms with Crippen LogP contribution in [0.1, 0.15) is 69.4 Å². The molecular weight excluding hydrogens is 540 g/mol. The van der Waals surface area contributed by atoms with Gasteiger partial charge in [-0.15, -0.1) is 0 Å². The number of rotatable bonds is 13. The normalized spacial score (nSPS) is 10.9. The second-order valence-corrected chi connectivity index (χ2v) is 9.47. The molecule has 0 aromatic heterocycles. The maximum Gasteiger partial charge on any atom is 0.394 e. The van der Waals surface area contributed by atoms with E-state index in [1.807, 2.05) is 0 Å². The van der Waals surface area contributed by atoms with E-state index in [-0.39, 0.29) is 29.0 Å². The summed E-state index contributed by atoms with van der Waals surface area (Å²) in [6.45, 7) is 3.74. The summed E-state index contributed by atoms with van der Waals surface area (Å²) < 4.78 is 78.4. The highest BCUT2D eigenvalue weighted by molar-refractivity contribution is 7.80. The minimum absolute atomic E-state index is 0.0240. The molecule has 0 heterocycles. The Balaban J connectivity index is 0. The Labute approximate surface area is 217 Å². The first-order chi connectivity index (χ1) is 16.9. The van der Waals surface area contributed by atoms with Gasteiger partial charge in [0.25, 0.3) is 0 Å². The van der Waals surface area contributed by atoms with E-state index in [2.05, 4.69) is 0 Å². The molecule has 14 nitrogen and oxygen atoms in total. The first kappa shape index (κ1) is 36.8. The van der Waals surface area contributed by atoms with E-state index in [0.717, 1.165) is 44.1 Å². The molecule has 1 aromatic rings. The molecule has 0 radical (unpaired) electrons. The number of phenols is 2. The van der Waals surface area contributed by atoms with Crippen LogP contribution < -0.4 is 9.47 Å². The summed E-state index contributed by atoms with van der Waals surface area (Å²) in [4.78, 5) is 10.6. The van der Waals surface area contributed by atoms with Gasteiger partial charge in [-0.05, 0) is 26.2 Å². The van der Waals surface area contributed by atoms with Crippen LogP contribution in [-0.2, 0) is 36.8 Å². The zero-order valence-corrected chi connectivity index (χ0v) is 23.0. The highest BCUT2D eigenvalue weighted by Gasteiger charge is 2.22. The third-order valence-electron chi connectivity index (χ3n) is 4.76. The number of carbonyl (C=O) groups excluding carboxylic acids is 1. The predicted octanol–water partition coefficient (Wildman–Crippen LogP) is 3.34. The van der Waals surface area contributed by atoms with Gasteiger partial charge in [0.1, 0.15) is 0 Å². The lowest BCUT2D eigenvalue weighted by Gasteiger charge is -2.17. The molecule has 1 aromatic carbocycles. The maximum absolute atomic E-state index is 10.6. The maximum atomic E-state index is 10.6. The number of carbonyl (C=O) groups is 1. The molecule has 0 bridgehead atoms. The Kier molecular flexibility index (Phi) is 18.7. The molecule has 0 spiro atoms. The van der Waals surface area contributed by atoms with Gasteiger partial charge >= 0.3 is 26.8 Å². The van der Waals surface area contributed by atoms with Crippen molar-refractivity contribution in [3.05, 3.63) is 11.1 Å². The zero-order chi connectivity index (χ0) is 29.2. The quantitative estimate of drug-likeness (QED) is 0.0852. The largest absolute Gasteiger partial charge is 0.504 e. The summed E-state index contributed by atoms with van der Waals surface area (Å²) in [5.41, 5.74) is 1.36. The number of hydrogen-bond donors (Lipinski definition) is 6. The van der Waals surface area contributed by atoms with E-state index >= 15 is 0 Å². The Morgan fingerprint density at radius 3 is 1.43 bits per heavy atom. The van der Waals surface area contributed by atoms with Gasteiger partial charge in [0.05, 0.1) is 20.8 Å². The number of aromatic hydroxyl groups is 2. The van der Waals surface area contributed by atoms with E-state index < -0.39 is 20.8 Å². The third-order valence-corrected chi connectivity index (χ3v) is 4.76. The average Bonchev–Trinajstić information content (AvgIpc) is 2.73. The lowest BCUT2D eigenvalue weighted by Crippen LogP contribution is -2.00. The first-order valence-corrected chi connectivity index (χ1v) is 13.9. The Morgan fingerprint density at radius 1 is 0.703 bits per heavy atom. The van der Waals surface area contributed by atoms with Crippen LogP contribution in [0.25, 0.3) is 0 Å². The predicted molar refractivity (Wildman–Crippen MR) is 133 cm³/mol. The number of hydrogen-bond acceptors (Lipinski definition) is 10. The lowest BCUT2D eigenvalue weighted by atomic mass is 9.98. The topological polar surface area (TPSA) is 234 Å². The van der Waals surface area contributed by atoms with Gasteiger partial charge in [-0.2, -0.15) is 16.8 Å². The lowest BCUT2D eigenvalue weighted by molar-refractivity contribution is -0.141. The summed E-state index contributed by atoms with van der Waals surface area (Å²) in [5.74, 6) is 0.224. The van der Waals surface area contributed by atoms with E-state index in [1.165, 1.54) is 34.0 Å². The molecular formula is C21H38O14S2. The fourth-order valence-corrected chi connectivity index (χ4v) is 3.21. The SMILES string of the molecule is COc1c(O)c(C)c(CCCCCCCCCCOC(C)=O)c(O)c1OC.O=S(=O)(O)O.O=S(=O)(O)O. The summed E-state index contributed by atoms with van der Waals surface area (Å²) in [5, 5.41) is 20.7. The minimum atomic E-state index is -4.67. The first-order valence-electron chi connectivity index (χ1n) is 11.1. The van der Waals surface area contributed by atoms with Crippen LogP contribution in [-0.4, -0.2) is 72.1 Å². The van der Waals surface area contributed by atoms with Crippen molar-refractivity contribution in [1.29, 1.82) is 0 Å². The Morgan fingerprint density at radius 2 is 1.05 bits per heavy atom. The van der Waals surface area contributed by atoms with E-state index in [9.17, 15) is 15.0 Å². The van der Waals surface area contributed by atoms with Crippen LogP contribution in [0.2, 0.25) is 0 Å². The van der Waals surface area contributed by atoms with Crippen LogP contribution in [0.15, 0.2) is 0 Å². The van der Waals surface area contributed by atoms with Gasteiger partial charge in [0.15, 0.2) is 11.5 Å². The molecule has 0 saturated carbocycles. The van der Waals surface area contributed by atoms with Crippen LogP contribution >= 0.6 is 0 Å². The summed E-state index contributed by atoms with van der Waals surface area (Å²) in [7, 11) is -6.45. The second-order valence-electron chi connectivity index (χ2n) is 7.68. The molecule has 16 heteroatoms. The number of benzene rings is 1. The molecule has 0 atom stereocenters. The van der Waals surface area contributed by atoms with E-state index in [4.69, 9.17) is 49.3 Å². The summed E-state index contributed by atoms with van der Waals surface area (Å²) in [6, 6.07) is 0. The molecule has 0 fully saturated rings. The average molecular weight is 579 g/mol. The van der Waals surface area contributed by atoms with Crippen molar-refractivity contribution in [2.45, 2.75) is 71.6 Å². The highest BCUT2D eigenvalue weighted by Crippen LogP contribution is 2.48. The van der Waals surface area contributed by atoms with Crippen LogP contribution in [0.3, 0.4) is 0 Å². The van der Waals surface area contributed by atoms with Crippen molar-refractivity contribution in [2.24, 2.45) is 0 Å². The molecule has 0 aliphatic heterocycles. The number of esters is 1. The zero-order valence-electron chi connectivity index (χ0n) is 21.3. The Hall–Kier alpha value is -2.37. The van der Waals surface area contributed by atoms with Gasteiger partial charge in [0.2, 0.25) is 11.5 Å². The molecule has 0 unspecified atom stereocenters. The van der Waals surface area contributed by atoms with Crippen molar-refractivity contribution in [1.82, 2.24) is 0 Å². The van der Waals surface area contributed by atoms with Gasteiger partial charge in [-0.3, -0.25) is 23.0 Å². The molecule has 218 valence electrons. The molecule has 0 amide bonds. The third kappa shape index (κ3) is 21.4. The minimum Gasteiger partial charge on any atom is -0.504 e. The Bertz CT molecular complexity index is 974. The highest BCUT2D eigenvalue weighted by atomic mass is 32.3. The van der Waals surface area contributed by atoms with Crippen molar-refractivity contribution in [3.63, 3.8) is 0 Å². The van der Waals surface area contributed by atoms with E-state index in [0.29, 0.717) is 18.6 Å². The van der Waals surface area contributed by atoms with Crippen molar-refractivity contribution in [2.75, 3.05) is 20.8 Å². The standard InChI is InChI=1S/C21H34O6.2H2O4S/c1-15-17(19(24)21(26-4)20(25-3)18(15)23)13-11-9-7-5-6-8-10-12-14-27-16(2)22;2*1-5(2,3)4/h23-24H,5-14H2,1-4H3;2*(H2,1,2,3,4). The van der Waals surface area contributed by atoms with Crippen molar-refractivity contribution < 1.29 is 64.3 Å². The smallest absolute Gasteiger partial charge is 0.394 e. The molecule has 0 aliphatic rings. The van der Waals surface area contributed by atoms with Gasteiger partial charge in [-0.25, -0.2) is 0 Å². The van der Waals surface area contributed by atoms with Crippen molar-refractivity contribution >= 4 is 26.8 Å². The summed E-state index contributed by atoms with van der Waals surface area (Å²) >= 11 is 0. The second kappa shape index (κ2) is 18.8. The molecule has 0 aliphatic carbocycles. The number of methoxy groups -OCH3 is 2. The number of unbranched alkanes of at least 4 members (excludes halogenated alkanes) is 7. The van der Waals surface area contributed by atoms with Gasteiger partial charge in [0, 0.05) is 18.1 Å². The molecule has 0 saturated heterocycles. The molecule has 1 rings (SSSR count). The van der Waals surface area contributed by atoms with Crippen molar-refractivity contribution in [3.8, 4) is 23.0 Å². The fourth-order valence-electron chi connectivity index (χ4n) is 3.21. The van der Waals surface area contributed by atoms with Crippen LogP contribution in [0.4, 0.5) is 0 Å². The number of ether oxygens (including phenoxy) is 3. The summed E-state index contributed by atoms with van der Waals surface area (Å²) in [6.07, 6.45) is 9.38. The molecule has 6 N–H and O–H groups in total. The van der Waals surface area contributed by atoms with Gasteiger partial charge < -0.3 is 24.4 Å². The monoisotopic (exact) mass is 578 g/mol. The van der Waals surface area contributed by atoms with Crippen LogP contribution in [0, 0.1) is 6.92 Å². The van der Waals surface area contributed by atoms with Gasteiger partial charge in [-0.1, -0.05) is 38.5 Å². The molecule has 37 heavy (non-hydrogen) atoms. The fraction of sp³-hybridized carbons (Fsp3) is 0.667. The van der Waals surface area contributed by atoms with E-state index in [1.54, 1.807) is 6.92 Å². The van der Waals surface area contributed by atoms with Crippen LogP contribution in [0.5, 0.6) is 23.0 Å². The number of phenolic OH excluding ortho intramolecular Hbond substituents is 2.